The van der Waals surface area contributed by atoms with Crippen molar-refractivity contribution < 1.29 is 19.0 Å². The average molecular weight is 367 g/mol. The van der Waals surface area contributed by atoms with Crippen molar-refractivity contribution in [2.24, 2.45) is 4.99 Å². The Bertz CT molecular complexity index is 1030. The van der Waals surface area contributed by atoms with Crippen LogP contribution in [0.3, 0.4) is 0 Å². The molecule has 0 fully saturated rings. The average Bonchev–Trinajstić information content (AvgIpc) is 2.64. The normalized spacial score (nSPS) is 13.0. The molecule has 1 N–H and O–H groups in total. The first-order chi connectivity index (χ1) is 12.9. The van der Waals surface area contributed by atoms with E-state index < -0.39 is 6.10 Å². The second kappa shape index (κ2) is 7.84. The first-order valence-electron chi connectivity index (χ1n) is 8.89. The lowest BCUT2D eigenvalue weighted by molar-refractivity contribution is 0.203. The van der Waals surface area contributed by atoms with Crippen LogP contribution >= 0.6 is 0 Å². The number of aliphatic hydroxyl groups excluding tert-OH is 1. The highest BCUT2D eigenvalue weighted by atomic mass is 16.5. The molecule has 5 nitrogen and oxygen atoms in total. The molecule has 0 aliphatic carbocycles. The summed E-state index contributed by atoms with van der Waals surface area (Å²) >= 11 is 0. The van der Waals surface area contributed by atoms with Crippen LogP contribution in [0.15, 0.2) is 45.8 Å². The number of hydrogen-bond acceptors (Lipinski definition) is 5. The third-order valence-corrected chi connectivity index (χ3v) is 4.38. The van der Waals surface area contributed by atoms with E-state index in [-0.39, 0.29) is 0 Å². The van der Waals surface area contributed by atoms with Crippen molar-refractivity contribution in [1.82, 2.24) is 0 Å². The zero-order valence-corrected chi connectivity index (χ0v) is 16.4. The maximum atomic E-state index is 9.66. The van der Waals surface area contributed by atoms with Gasteiger partial charge < -0.3 is 19.0 Å². The highest BCUT2D eigenvalue weighted by molar-refractivity contribution is 5.82. The van der Waals surface area contributed by atoms with E-state index in [0.29, 0.717) is 23.8 Å². The van der Waals surface area contributed by atoms with Crippen LogP contribution < -0.4 is 14.8 Å². The molecule has 27 heavy (non-hydrogen) atoms. The van der Waals surface area contributed by atoms with Crippen LogP contribution in [0.1, 0.15) is 18.1 Å². The van der Waals surface area contributed by atoms with E-state index in [1.54, 1.807) is 21.1 Å². The van der Waals surface area contributed by atoms with Gasteiger partial charge in [0.05, 0.1) is 32.2 Å². The summed E-state index contributed by atoms with van der Waals surface area (Å²) in [7, 11) is 3.21. The van der Waals surface area contributed by atoms with Crippen LogP contribution in [0.4, 0.5) is 0 Å². The lowest BCUT2D eigenvalue weighted by atomic mass is 10.0. The Labute approximate surface area is 158 Å². The molecule has 0 saturated heterocycles. The lowest BCUT2D eigenvalue weighted by Gasteiger charge is -2.11. The summed E-state index contributed by atoms with van der Waals surface area (Å²) in [5.74, 6) is 1.97. The zero-order valence-electron chi connectivity index (χ0n) is 16.4. The third kappa shape index (κ3) is 3.98. The number of nitrogens with zero attached hydrogens (tertiary/aromatic N) is 1. The number of methoxy groups -OCH3 is 2. The molecule has 0 saturated carbocycles. The number of fused-ring (bicyclic) bond motifs is 1. The van der Waals surface area contributed by atoms with Crippen molar-refractivity contribution in [3.8, 4) is 22.8 Å². The first kappa shape index (κ1) is 19.0. The summed E-state index contributed by atoms with van der Waals surface area (Å²) < 4.78 is 16.9. The summed E-state index contributed by atoms with van der Waals surface area (Å²) in [5, 5.41) is 11.4. The fourth-order valence-electron chi connectivity index (χ4n) is 3.17. The van der Waals surface area contributed by atoms with E-state index >= 15 is 0 Å². The Hall–Kier alpha value is -2.79. The fraction of sp³-hybridized carbons (Fsp3) is 0.318. The lowest BCUT2D eigenvalue weighted by Crippen LogP contribution is -2.12. The van der Waals surface area contributed by atoms with Crippen LogP contribution in [-0.2, 0) is 0 Å². The Morgan fingerprint density at radius 2 is 1.78 bits per heavy atom. The van der Waals surface area contributed by atoms with Gasteiger partial charge >= 0.3 is 0 Å². The SMILES string of the molecule is COc1ccc(-c2cc(=NC[C@@H](C)O)c3c(C)cc(C)cc3o2)cc1OC. The van der Waals surface area contributed by atoms with Crippen molar-refractivity contribution in [2.45, 2.75) is 26.9 Å². The molecule has 0 aliphatic heterocycles. The molecule has 3 rings (SSSR count). The van der Waals surface area contributed by atoms with Crippen LogP contribution in [0.2, 0.25) is 0 Å². The van der Waals surface area contributed by atoms with E-state index in [9.17, 15) is 5.11 Å². The molecule has 0 spiro atoms. The van der Waals surface area contributed by atoms with Gasteiger partial charge in [-0.05, 0) is 56.2 Å². The monoisotopic (exact) mass is 367 g/mol. The molecule has 0 bridgehead atoms. The Balaban J connectivity index is 2.27. The Kier molecular flexibility index (Phi) is 5.51. The van der Waals surface area contributed by atoms with E-state index in [1.165, 1.54) is 0 Å². The molecular formula is C22H25NO4. The molecule has 5 heteroatoms. The van der Waals surface area contributed by atoms with Crippen molar-refractivity contribution in [2.75, 3.05) is 20.8 Å². The molecule has 1 atom stereocenters. The largest absolute Gasteiger partial charge is 0.493 e. The smallest absolute Gasteiger partial charge is 0.161 e. The quantitative estimate of drug-likeness (QED) is 0.740. The van der Waals surface area contributed by atoms with Crippen molar-refractivity contribution in [1.29, 1.82) is 0 Å². The molecule has 0 amide bonds. The van der Waals surface area contributed by atoms with E-state index in [2.05, 4.69) is 11.1 Å². The Morgan fingerprint density at radius 1 is 1.04 bits per heavy atom. The second-order valence-electron chi connectivity index (χ2n) is 6.71. The fourth-order valence-corrected chi connectivity index (χ4v) is 3.17. The van der Waals surface area contributed by atoms with Crippen molar-refractivity contribution in [3.63, 3.8) is 0 Å². The molecular weight excluding hydrogens is 342 g/mol. The topological polar surface area (TPSA) is 64.2 Å². The molecule has 3 aromatic rings. The highest BCUT2D eigenvalue weighted by Gasteiger charge is 2.12. The zero-order chi connectivity index (χ0) is 19.6. The number of benzene rings is 2. The van der Waals surface area contributed by atoms with Gasteiger partial charge in [0.2, 0.25) is 0 Å². The number of aliphatic hydroxyl groups is 1. The van der Waals surface area contributed by atoms with Crippen LogP contribution in [0.5, 0.6) is 11.5 Å². The number of aryl methyl sites for hydroxylation is 2. The van der Waals surface area contributed by atoms with Crippen molar-refractivity contribution >= 4 is 11.0 Å². The predicted molar refractivity (Wildman–Crippen MR) is 106 cm³/mol. The Morgan fingerprint density at radius 3 is 2.44 bits per heavy atom. The van der Waals surface area contributed by atoms with Gasteiger partial charge in [0.1, 0.15) is 11.3 Å². The summed E-state index contributed by atoms with van der Waals surface area (Å²) in [4.78, 5) is 4.62. The number of ether oxygens (including phenoxy) is 2. The minimum atomic E-state index is -0.507. The number of rotatable bonds is 5. The molecule has 0 radical (unpaired) electrons. The van der Waals surface area contributed by atoms with Crippen LogP contribution in [0.25, 0.3) is 22.3 Å². The first-order valence-corrected chi connectivity index (χ1v) is 8.89. The molecule has 142 valence electrons. The van der Waals surface area contributed by atoms with Gasteiger partial charge in [-0.15, -0.1) is 0 Å². The molecule has 1 aromatic heterocycles. The molecule has 2 aromatic carbocycles. The van der Waals surface area contributed by atoms with Gasteiger partial charge in [0, 0.05) is 17.0 Å². The maximum absolute atomic E-state index is 9.66. The van der Waals surface area contributed by atoms with E-state index in [0.717, 1.165) is 33.0 Å². The van der Waals surface area contributed by atoms with Crippen LogP contribution in [0, 0.1) is 13.8 Å². The predicted octanol–water partition coefficient (Wildman–Crippen LogP) is 4.02. The summed E-state index contributed by atoms with van der Waals surface area (Å²) in [6.07, 6.45) is -0.507. The van der Waals surface area contributed by atoms with Gasteiger partial charge in [0.15, 0.2) is 11.5 Å². The second-order valence-corrected chi connectivity index (χ2v) is 6.71. The summed E-state index contributed by atoms with van der Waals surface area (Å²) in [6, 6.07) is 11.7. The third-order valence-electron chi connectivity index (χ3n) is 4.38. The minimum absolute atomic E-state index is 0.331. The van der Waals surface area contributed by atoms with E-state index in [4.69, 9.17) is 13.9 Å². The van der Waals surface area contributed by atoms with Gasteiger partial charge in [-0.1, -0.05) is 6.07 Å². The van der Waals surface area contributed by atoms with Gasteiger partial charge in [-0.25, -0.2) is 0 Å². The van der Waals surface area contributed by atoms with E-state index in [1.807, 2.05) is 44.2 Å². The van der Waals surface area contributed by atoms with Gasteiger partial charge in [-0.3, -0.25) is 4.99 Å². The maximum Gasteiger partial charge on any atom is 0.161 e. The molecule has 1 heterocycles. The van der Waals surface area contributed by atoms with Gasteiger partial charge in [-0.2, -0.15) is 0 Å². The highest BCUT2D eigenvalue weighted by Crippen LogP contribution is 2.33. The summed E-state index contributed by atoms with van der Waals surface area (Å²) in [6.45, 7) is 6.14. The van der Waals surface area contributed by atoms with Crippen molar-refractivity contribution in [3.05, 3.63) is 52.9 Å². The number of hydrogen-bond donors (Lipinski definition) is 1. The standard InChI is InChI=1S/C22H25NO4/c1-13-8-14(2)22-17(23-12-15(3)24)11-19(27-21(22)9-13)16-6-7-18(25-4)20(10-16)26-5/h6-11,15,24H,12H2,1-5H3/t15-/m1/s1. The minimum Gasteiger partial charge on any atom is -0.493 e. The van der Waals surface area contributed by atoms with Crippen LogP contribution in [-0.4, -0.2) is 32.0 Å². The van der Waals surface area contributed by atoms with Gasteiger partial charge in [0.25, 0.3) is 0 Å². The molecule has 0 aliphatic rings. The summed E-state index contributed by atoms with van der Waals surface area (Å²) in [5.41, 5.74) is 3.85. The molecule has 0 unspecified atom stereocenters.